The molecule has 0 aromatic heterocycles. The van der Waals surface area contributed by atoms with Crippen LogP contribution < -0.4 is 0 Å². The topological polar surface area (TPSA) is 26.3 Å². The monoisotopic (exact) mass is 232 g/mol. The lowest BCUT2D eigenvalue weighted by atomic mass is 9.86. The van der Waals surface area contributed by atoms with E-state index >= 15 is 0 Å². The van der Waals surface area contributed by atoms with Gasteiger partial charge in [0.25, 0.3) is 0 Å². The van der Waals surface area contributed by atoms with E-state index in [9.17, 15) is 4.79 Å². The Morgan fingerprint density at radius 2 is 2.06 bits per heavy atom. The van der Waals surface area contributed by atoms with Crippen LogP contribution in [0.3, 0.4) is 0 Å². The Kier molecular flexibility index (Phi) is 4.50. The first kappa shape index (κ1) is 13.5. The number of esters is 1. The summed E-state index contributed by atoms with van der Waals surface area (Å²) in [5.74, 6) is -0.252. The fourth-order valence-electron chi connectivity index (χ4n) is 1.46. The van der Waals surface area contributed by atoms with Crippen LogP contribution in [-0.2, 0) is 14.9 Å². The lowest BCUT2D eigenvalue weighted by molar-refractivity contribution is -0.139. The molecule has 1 rings (SSSR count). The summed E-state index contributed by atoms with van der Waals surface area (Å²) in [6, 6.07) is 8.37. The van der Waals surface area contributed by atoms with Crippen LogP contribution in [0.15, 0.2) is 30.3 Å². The zero-order valence-corrected chi connectivity index (χ0v) is 11.0. The molecule has 0 radical (unpaired) electrons. The summed E-state index contributed by atoms with van der Waals surface area (Å²) in [6.07, 6.45) is 3.82. The van der Waals surface area contributed by atoms with Crippen LogP contribution in [0.2, 0.25) is 0 Å². The lowest BCUT2D eigenvalue weighted by Crippen LogP contribution is -2.10. The molecule has 0 fully saturated rings. The summed E-state index contributed by atoms with van der Waals surface area (Å²) in [4.78, 5) is 10.6. The minimum atomic E-state index is -0.252. The van der Waals surface area contributed by atoms with Crippen molar-refractivity contribution < 1.29 is 9.53 Å². The fraction of sp³-hybridized carbons (Fsp3) is 0.400. The third-order valence-corrected chi connectivity index (χ3v) is 2.45. The number of hydrogen-bond donors (Lipinski definition) is 0. The minimum absolute atomic E-state index is 0.153. The zero-order chi connectivity index (χ0) is 12.9. The molecule has 0 saturated carbocycles. The fourth-order valence-corrected chi connectivity index (χ4v) is 1.46. The Morgan fingerprint density at radius 1 is 1.35 bits per heavy atom. The summed E-state index contributed by atoms with van der Waals surface area (Å²) in [6.45, 7) is 8.31. The predicted molar refractivity (Wildman–Crippen MR) is 70.8 cm³/mol. The summed E-state index contributed by atoms with van der Waals surface area (Å²) in [5.41, 5.74) is 2.58. The van der Waals surface area contributed by atoms with E-state index in [2.05, 4.69) is 32.9 Å². The number of rotatable bonds is 3. The van der Waals surface area contributed by atoms with Gasteiger partial charge in [-0.05, 0) is 22.6 Å². The molecule has 2 heteroatoms. The quantitative estimate of drug-likeness (QED) is 0.745. The van der Waals surface area contributed by atoms with Gasteiger partial charge in [0.15, 0.2) is 0 Å². The van der Waals surface area contributed by atoms with Crippen molar-refractivity contribution in [3.8, 4) is 0 Å². The first-order chi connectivity index (χ1) is 7.89. The van der Waals surface area contributed by atoms with E-state index < -0.39 is 0 Å². The maximum atomic E-state index is 10.6. The van der Waals surface area contributed by atoms with Gasteiger partial charge in [0.05, 0.1) is 0 Å². The van der Waals surface area contributed by atoms with Crippen molar-refractivity contribution in [1.82, 2.24) is 0 Å². The average Bonchev–Trinajstić information content (AvgIpc) is 2.23. The first-order valence-electron chi connectivity index (χ1n) is 5.80. The molecule has 0 aliphatic carbocycles. The highest BCUT2D eigenvalue weighted by molar-refractivity contribution is 5.66. The standard InChI is InChI=1S/C15H20O2/c1-12(16)17-10-6-8-13-7-5-9-14(11-13)15(2,3)4/h5-9,11H,10H2,1-4H3. The molecular weight excluding hydrogens is 212 g/mol. The molecule has 0 N–H and O–H groups in total. The van der Waals surface area contributed by atoms with Gasteiger partial charge in [-0.25, -0.2) is 0 Å². The summed E-state index contributed by atoms with van der Waals surface area (Å²) < 4.78 is 4.84. The molecule has 0 atom stereocenters. The van der Waals surface area contributed by atoms with Gasteiger partial charge in [0.2, 0.25) is 0 Å². The first-order valence-corrected chi connectivity index (χ1v) is 5.80. The summed E-state index contributed by atoms with van der Waals surface area (Å²) >= 11 is 0. The summed E-state index contributed by atoms with van der Waals surface area (Å²) in [7, 11) is 0. The van der Waals surface area contributed by atoms with Crippen molar-refractivity contribution in [1.29, 1.82) is 0 Å². The molecule has 17 heavy (non-hydrogen) atoms. The van der Waals surface area contributed by atoms with Crippen LogP contribution in [0.4, 0.5) is 0 Å². The third-order valence-electron chi connectivity index (χ3n) is 2.45. The van der Waals surface area contributed by atoms with Gasteiger partial charge < -0.3 is 4.74 Å². The van der Waals surface area contributed by atoms with Gasteiger partial charge in [-0.15, -0.1) is 0 Å². The Labute approximate surface area is 103 Å². The van der Waals surface area contributed by atoms with Crippen LogP contribution in [0.5, 0.6) is 0 Å². The highest BCUT2D eigenvalue weighted by atomic mass is 16.5. The highest BCUT2D eigenvalue weighted by Crippen LogP contribution is 2.23. The highest BCUT2D eigenvalue weighted by Gasteiger charge is 2.12. The van der Waals surface area contributed by atoms with E-state index in [0.717, 1.165) is 5.56 Å². The number of hydrogen-bond acceptors (Lipinski definition) is 2. The second kappa shape index (κ2) is 5.67. The molecule has 0 unspecified atom stereocenters. The van der Waals surface area contributed by atoms with Gasteiger partial charge in [-0.3, -0.25) is 4.79 Å². The van der Waals surface area contributed by atoms with Crippen LogP contribution in [0.25, 0.3) is 6.08 Å². The Bertz CT molecular complexity index is 411. The minimum Gasteiger partial charge on any atom is -0.462 e. The number of benzene rings is 1. The maximum absolute atomic E-state index is 10.6. The molecule has 0 aliphatic rings. The van der Waals surface area contributed by atoms with Gasteiger partial charge in [-0.1, -0.05) is 51.1 Å². The third kappa shape index (κ3) is 4.85. The summed E-state index contributed by atoms with van der Waals surface area (Å²) in [5, 5.41) is 0. The second-order valence-corrected chi connectivity index (χ2v) is 5.08. The van der Waals surface area contributed by atoms with Crippen molar-refractivity contribution in [2.45, 2.75) is 33.1 Å². The normalized spacial score (nSPS) is 11.8. The van der Waals surface area contributed by atoms with Crippen LogP contribution >= 0.6 is 0 Å². The molecule has 1 aromatic rings. The molecule has 0 spiro atoms. The van der Waals surface area contributed by atoms with E-state index in [0.29, 0.717) is 6.61 Å². The number of carbonyl (C=O) groups is 1. The lowest BCUT2D eigenvalue weighted by Gasteiger charge is -2.19. The molecular formula is C15H20O2. The van der Waals surface area contributed by atoms with Gasteiger partial charge >= 0.3 is 5.97 Å². The van der Waals surface area contributed by atoms with Crippen molar-refractivity contribution in [3.05, 3.63) is 41.5 Å². The molecule has 0 saturated heterocycles. The van der Waals surface area contributed by atoms with Crippen LogP contribution in [0, 0.1) is 0 Å². The Morgan fingerprint density at radius 3 is 2.65 bits per heavy atom. The molecule has 2 nitrogen and oxygen atoms in total. The second-order valence-electron chi connectivity index (χ2n) is 5.08. The molecule has 0 heterocycles. The van der Waals surface area contributed by atoms with Gasteiger partial charge in [-0.2, -0.15) is 0 Å². The van der Waals surface area contributed by atoms with Crippen molar-refractivity contribution in [2.75, 3.05) is 6.61 Å². The maximum Gasteiger partial charge on any atom is 0.302 e. The number of ether oxygens (including phenoxy) is 1. The SMILES string of the molecule is CC(=O)OCC=Cc1cccc(C(C)(C)C)c1. The molecule has 0 bridgehead atoms. The van der Waals surface area contributed by atoms with E-state index in [1.165, 1.54) is 12.5 Å². The molecule has 92 valence electrons. The van der Waals surface area contributed by atoms with Crippen molar-refractivity contribution in [2.24, 2.45) is 0 Å². The van der Waals surface area contributed by atoms with Crippen molar-refractivity contribution >= 4 is 12.0 Å². The smallest absolute Gasteiger partial charge is 0.302 e. The van der Waals surface area contributed by atoms with Crippen LogP contribution in [0.1, 0.15) is 38.8 Å². The molecule has 1 aromatic carbocycles. The van der Waals surface area contributed by atoms with E-state index in [4.69, 9.17) is 4.74 Å². The molecule has 0 amide bonds. The largest absolute Gasteiger partial charge is 0.462 e. The Balaban J connectivity index is 2.69. The van der Waals surface area contributed by atoms with Crippen LogP contribution in [-0.4, -0.2) is 12.6 Å². The van der Waals surface area contributed by atoms with Gasteiger partial charge in [0.1, 0.15) is 6.61 Å². The van der Waals surface area contributed by atoms with E-state index in [-0.39, 0.29) is 11.4 Å². The predicted octanol–water partition coefficient (Wildman–Crippen LogP) is 3.56. The van der Waals surface area contributed by atoms with E-state index in [1.54, 1.807) is 0 Å². The zero-order valence-electron chi connectivity index (χ0n) is 11.0. The van der Waals surface area contributed by atoms with Gasteiger partial charge in [0, 0.05) is 6.92 Å². The average molecular weight is 232 g/mol. The van der Waals surface area contributed by atoms with Crippen molar-refractivity contribution in [3.63, 3.8) is 0 Å². The number of carbonyl (C=O) groups excluding carboxylic acids is 1. The Hall–Kier alpha value is -1.57. The molecule has 0 aliphatic heterocycles. The van der Waals surface area contributed by atoms with E-state index in [1.807, 2.05) is 24.3 Å².